The van der Waals surface area contributed by atoms with Gasteiger partial charge >= 0.3 is 0 Å². The zero-order chi connectivity index (χ0) is 21.5. The molecule has 0 aromatic heterocycles. The number of aliphatic hydroxyl groups is 1. The Morgan fingerprint density at radius 3 is 2.10 bits per heavy atom. The molecule has 3 aromatic rings. The maximum atomic E-state index is 11.3. The van der Waals surface area contributed by atoms with E-state index in [-0.39, 0.29) is 6.04 Å². The van der Waals surface area contributed by atoms with Gasteiger partial charge < -0.3 is 5.11 Å². The average molecular weight is 426 g/mol. The third-order valence-electron chi connectivity index (χ3n) is 6.31. The van der Waals surface area contributed by atoms with E-state index < -0.39 is 6.10 Å². The van der Waals surface area contributed by atoms with Crippen LogP contribution >= 0.6 is 11.6 Å². The standard InChI is InChI=1S/C27H36ClNO/c1-4-6-10-16-29(17-11-7-5-2)20(3)27(30)22-15-14-21-19-26(28)24-13-9-8-12-23(24)25(21)18-22/h8-9,12-15,18-20,27,30H,4-7,10-11,16-17H2,1-3H3/t20-,27+/m0/s1. The van der Waals surface area contributed by atoms with Gasteiger partial charge in [0.15, 0.2) is 0 Å². The van der Waals surface area contributed by atoms with Crippen molar-refractivity contribution in [2.24, 2.45) is 0 Å². The number of nitrogens with zero attached hydrogens (tertiary/aromatic N) is 1. The molecule has 0 fully saturated rings. The van der Waals surface area contributed by atoms with Crippen LogP contribution in [0.5, 0.6) is 0 Å². The molecular weight excluding hydrogens is 390 g/mol. The van der Waals surface area contributed by atoms with Crippen LogP contribution in [0.25, 0.3) is 21.5 Å². The van der Waals surface area contributed by atoms with E-state index in [1.165, 1.54) is 38.5 Å². The lowest BCUT2D eigenvalue weighted by Crippen LogP contribution is -2.39. The summed E-state index contributed by atoms with van der Waals surface area (Å²) in [4.78, 5) is 2.49. The first-order valence-corrected chi connectivity index (χ1v) is 12.0. The van der Waals surface area contributed by atoms with Crippen LogP contribution in [-0.2, 0) is 0 Å². The molecule has 0 aliphatic heterocycles. The van der Waals surface area contributed by atoms with Gasteiger partial charge in [-0.1, -0.05) is 87.5 Å². The highest BCUT2D eigenvalue weighted by molar-refractivity contribution is 6.37. The van der Waals surface area contributed by atoms with Crippen LogP contribution in [0, 0.1) is 0 Å². The van der Waals surface area contributed by atoms with E-state index in [4.69, 9.17) is 11.6 Å². The largest absolute Gasteiger partial charge is 0.387 e. The molecule has 3 heteroatoms. The Kier molecular flexibility index (Phi) is 8.56. The molecule has 30 heavy (non-hydrogen) atoms. The van der Waals surface area contributed by atoms with Gasteiger partial charge in [-0.3, -0.25) is 4.90 Å². The van der Waals surface area contributed by atoms with E-state index in [0.29, 0.717) is 0 Å². The molecule has 0 aliphatic rings. The summed E-state index contributed by atoms with van der Waals surface area (Å²) in [5.41, 5.74) is 0.985. The number of unbranched alkanes of at least 4 members (excludes halogenated alkanes) is 4. The molecule has 0 amide bonds. The van der Waals surface area contributed by atoms with Crippen molar-refractivity contribution in [1.82, 2.24) is 4.90 Å². The number of fused-ring (bicyclic) bond motifs is 3. The molecule has 0 spiro atoms. The van der Waals surface area contributed by atoms with Gasteiger partial charge in [-0.05, 0) is 66.7 Å². The second-order valence-electron chi connectivity index (χ2n) is 8.52. The Morgan fingerprint density at radius 2 is 1.47 bits per heavy atom. The van der Waals surface area contributed by atoms with Crippen molar-refractivity contribution < 1.29 is 5.11 Å². The maximum absolute atomic E-state index is 11.3. The molecule has 0 heterocycles. The van der Waals surface area contributed by atoms with Gasteiger partial charge in [-0.2, -0.15) is 0 Å². The van der Waals surface area contributed by atoms with Gasteiger partial charge in [0, 0.05) is 16.5 Å². The fraction of sp³-hybridized carbons (Fsp3) is 0.481. The quantitative estimate of drug-likeness (QED) is 0.250. The second kappa shape index (κ2) is 11.1. The molecule has 2 atom stereocenters. The molecular formula is C27H36ClNO. The second-order valence-corrected chi connectivity index (χ2v) is 8.93. The smallest absolute Gasteiger partial charge is 0.0942 e. The van der Waals surface area contributed by atoms with Crippen LogP contribution in [-0.4, -0.2) is 29.1 Å². The molecule has 0 unspecified atom stereocenters. The van der Waals surface area contributed by atoms with Gasteiger partial charge in [-0.25, -0.2) is 0 Å². The van der Waals surface area contributed by atoms with E-state index in [1.807, 2.05) is 18.2 Å². The Hall–Kier alpha value is -1.61. The molecule has 0 aliphatic carbocycles. The van der Waals surface area contributed by atoms with Crippen molar-refractivity contribution in [3.05, 3.63) is 59.1 Å². The summed E-state index contributed by atoms with van der Waals surface area (Å²) in [5, 5.41) is 16.5. The molecule has 3 aromatic carbocycles. The van der Waals surface area contributed by atoms with E-state index in [2.05, 4.69) is 56.0 Å². The van der Waals surface area contributed by atoms with Crippen molar-refractivity contribution in [3.63, 3.8) is 0 Å². The molecule has 3 rings (SSSR count). The highest BCUT2D eigenvalue weighted by atomic mass is 35.5. The van der Waals surface area contributed by atoms with Crippen LogP contribution < -0.4 is 0 Å². The summed E-state index contributed by atoms with van der Waals surface area (Å²) in [7, 11) is 0. The summed E-state index contributed by atoms with van der Waals surface area (Å²) in [6.45, 7) is 8.77. The van der Waals surface area contributed by atoms with E-state index >= 15 is 0 Å². The van der Waals surface area contributed by atoms with Crippen molar-refractivity contribution in [3.8, 4) is 0 Å². The molecule has 0 bridgehead atoms. The first kappa shape index (κ1) is 23.1. The number of hydrogen-bond acceptors (Lipinski definition) is 2. The predicted octanol–water partition coefficient (Wildman–Crippen LogP) is 7.75. The third kappa shape index (κ3) is 5.35. The zero-order valence-electron chi connectivity index (χ0n) is 18.7. The van der Waals surface area contributed by atoms with Crippen molar-refractivity contribution in [2.75, 3.05) is 13.1 Å². The van der Waals surface area contributed by atoms with Crippen molar-refractivity contribution in [1.29, 1.82) is 0 Å². The summed E-state index contributed by atoms with van der Waals surface area (Å²) in [5.74, 6) is 0. The summed E-state index contributed by atoms with van der Waals surface area (Å²) < 4.78 is 0. The lowest BCUT2D eigenvalue weighted by molar-refractivity contribution is 0.0556. The number of aliphatic hydroxyl groups excluding tert-OH is 1. The topological polar surface area (TPSA) is 23.5 Å². The first-order valence-electron chi connectivity index (χ1n) is 11.6. The maximum Gasteiger partial charge on any atom is 0.0942 e. The highest BCUT2D eigenvalue weighted by Crippen LogP contribution is 2.34. The van der Waals surface area contributed by atoms with Crippen LogP contribution in [0.2, 0.25) is 5.02 Å². The summed E-state index contributed by atoms with van der Waals surface area (Å²) >= 11 is 6.50. The normalized spacial score (nSPS) is 13.9. The van der Waals surface area contributed by atoms with E-state index in [1.54, 1.807) is 0 Å². The highest BCUT2D eigenvalue weighted by Gasteiger charge is 2.23. The molecule has 2 nitrogen and oxygen atoms in total. The van der Waals surface area contributed by atoms with Crippen LogP contribution in [0.1, 0.15) is 71.0 Å². The molecule has 1 N–H and O–H groups in total. The first-order chi connectivity index (χ1) is 14.6. The molecule has 0 radical (unpaired) electrons. The fourth-order valence-corrected chi connectivity index (χ4v) is 4.67. The van der Waals surface area contributed by atoms with Crippen molar-refractivity contribution in [2.45, 2.75) is 71.4 Å². The Bertz CT molecular complexity index is 944. The number of rotatable bonds is 11. The average Bonchev–Trinajstić information content (AvgIpc) is 2.77. The van der Waals surface area contributed by atoms with Gasteiger partial charge in [0.1, 0.15) is 0 Å². The molecule has 162 valence electrons. The Morgan fingerprint density at radius 1 is 0.833 bits per heavy atom. The summed E-state index contributed by atoms with van der Waals surface area (Å²) in [6, 6.07) is 16.7. The van der Waals surface area contributed by atoms with Gasteiger partial charge in [0.25, 0.3) is 0 Å². The Balaban J connectivity index is 1.88. The lowest BCUT2D eigenvalue weighted by Gasteiger charge is -2.33. The van der Waals surface area contributed by atoms with Crippen LogP contribution in [0.4, 0.5) is 0 Å². The monoisotopic (exact) mass is 425 g/mol. The predicted molar refractivity (Wildman–Crippen MR) is 132 cm³/mol. The fourth-order valence-electron chi connectivity index (χ4n) is 4.38. The van der Waals surface area contributed by atoms with Crippen molar-refractivity contribution >= 4 is 33.1 Å². The molecule has 0 saturated heterocycles. The molecule has 0 saturated carbocycles. The number of halogens is 1. The minimum Gasteiger partial charge on any atom is -0.387 e. The van der Waals surface area contributed by atoms with E-state index in [0.717, 1.165) is 45.2 Å². The van der Waals surface area contributed by atoms with Gasteiger partial charge in [0.2, 0.25) is 0 Å². The van der Waals surface area contributed by atoms with E-state index in [9.17, 15) is 5.11 Å². The SMILES string of the molecule is CCCCCN(CCCCC)[C@@H](C)[C@@H](O)c1ccc2cc(Cl)c3ccccc3c2c1. The zero-order valence-corrected chi connectivity index (χ0v) is 19.5. The van der Waals surface area contributed by atoms with Crippen LogP contribution in [0.3, 0.4) is 0 Å². The minimum absolute atomic E-state index is 0.0923. The van der Waals surface area contributed by atoms with Gasteiger partial charge in [-0.15, -0.1) is 0 Å². The van der Waals surface area contributed by atoms with Crippen LogP contribution in [0.15, 0.2) is 48.5 Å². The number of benzene rings is 3. The minimum atomic E-state index is -0.507. The van der Waals surface area contributed by atoms with Gasteiger partial charge in [0.05, 0.1) is 6.10 Å². The number of hydrogen-bond donors (Lipinski definition) is 1. The summed E-state index contributed by atoms with van der Waals surface area (Å²) in [6.07, 6.45) is 6.82. The lowest BCUT2D eigenvalue weighted by atomic mass is 9.95. The Labute approximate surface area is 186 Å². The third-order valence-corrected chi connectivity index (χ3v) is 6.62.